The normalized spacial score (nSPS) is 18.2. The molecule has 146 valence electrons. The number of rotatable bonds is 5. The molecular weight excluding hydrogens is 404 g/mol. The van der Waals surface area contributed by atoms with Crippen LogP contribution in [0.3, 0.4) is 0 Å². The van der Waals surface area contributed by atoms with Crippen LogP contribution in [0.5, 0.6) is 0 Å². The summed E-state index contributed by atoms with van der Waals surface area (Å²) in [7, 11) is -3.85. The van der Waals surface area contributed by atoms with Crippen molar-refractivity contribution in [3.8, 4) is 10.7 Å². The maximum atomic E-state index is 13.0. The first-order valence-electron chi connectivity index (χ1n) is 8.57. The number of non-ortho nitro benzene ring substituents is 1. The van der Waals surface area contributed by atoms with Gasteiger partial charge < -0.3 is 4.52 Å². The number of hydrogen-bond donors (Lipinski definition) is 0. The van der Waals surface area contributed by atoms with Crippen molar-refractivity contribution >= 4 is 27.0 Å². The summed E-state index contributed by atoms with van der Waals surface area (Å²) in [4.78, 5) is 15.6. The van der Waals surface area contributed by atoms with Crippen molar-refractivity contribution in [3.05, 3.63) is 57.8 Å². The molecule has 1 aliphatic rings. The van der Waals surface area contributed by atoms with Crippen LogP contribution in [0, 0.1) is 10.1 Å². The first-order chi connectivity index (χ1) is 13.4. The number of benzene rings is 1. The number of aromatic nitrogens is 2. The van der Waals surface area contributed by atoms with Crippen molar-refractivity contribution in [2.75, 3.05) is 13.1 Å². The minimum absolute atomic E-state index is 0.0906. The third-order valence-electron chi connectivity index (χ3n) is 4.58. The molecule has 0 radical (unpaired) electrons. The van der Waals surface area contributed by atoms with Gasteiger partial charge in [-0.3, -0.25) is 10.1 Å². The number of sulfonamides is 1. The minimum atomic E-state index is -3.85. The standard InChI is InChI=1S/C17H16N4O5S2/c22-21(23)13-5-1-6-14(10-13)28(24,25)20-8-2-4-12(11-20)17-18-16(19-26-17)15-7-3-9-27-15/h1,3,5-7,9-10,12H,2,4,8,11H2/t12-/m1/s1. The fourth-order valence-corrected chi connectivity index (χ4v) is 5.39. The van der Waals surface area contributed by atoms with E-state index >= 15 is 0 Å². The molecule has 0 aliphatic carbocycles. The van der Waals surface area contributed by atoms with Gasteiger partial charge >= 0.3 is 0 Å². The maximum Gasteiger partial charge on any atom is 0.270 e. The van der Waals surface area contributed by atoms with Crippen molar-refractivity contribution in [1.82, 2.24) is 14.4 Å². The number of nitro benzene ring substituents is 1. The van der Waals surface area contributed by atoms with E-state index in [1.807, 2.05) is 17.5 Å². The highest BCUT2D eigenvalue weighted by Gasteiger charge is 2.34. The summed E-state index contributed by atoms with van der Waals surface area (Å²) in [5.41, 5.74) is -0.257. The Labute approximate surface area is 164 Å². The van der Waals surface area contributed by atoms with Gasteiger partial charge in [-0.1, -0.05) is 17.3 Å². The topological polar surface area (TPSA) is 119 Å². The van der Waals surface area contributed by atoms with Crippen LogP contribution in [0.25, 0.3) is 10.7 Å². The fraction of sp³-hybridized carbons (Fsp3) is 0.294. The van der Waals surface area contributed by atoms with Gasteiger partial charge in [-0.25, -0.2) is 8.42 Å². The van der Waals surface area contributed by atoms with E-state index in [2.05, 4.69) is 10.1 Å². The molecule has 0 N–H and O–H groups in total. The summed E-state index contributed by atoms with van der Waals surface area (Å²) in [6.07, 6.45) is 1.36. The van der Waals surface area contributed by atoms with Crippen molar-refractivity contribution in [2.24, 2.45) is 0 Å². The Bertz CT molecular complexity index is 1090. The summed E-state index contributed by atoms with van der Waals surface area (Å²) >= 11 is 1.50. The van der Waals surface area contributed by atoms with Crippen molar-refractivity contribution in [1.29, 1.82) is 0 Å². The first kappa shape index (κ1) is 18.7. The maximum absolute atomic E-state index is 13.0. The molecule has 28 heavy (non-hydrogen) atoms. The molecule has 9 nitrogen and oxygen atoms in total. The molecule has 0 spiro atoms. The van der Waals surface area contributed by atoms with Gasteiger partial charge in [0.25, 0.3) is 5.69 Å². The van der Waals surface area contributed by atoms with E-state index in [0.717, 1.165) is 17.4 Å². The highest BCUT2D eigenvalue weighted by molar-refractivity contribution is 7.89. The molecule has 0 amide bonds. The van der Waals surface area contributed by atoms with E-state index in [1.165, 1.54) is 33.8 Å². The lowest BCUT2D eigenvalue weighted by Gasteiger charge is -2.30. The molecule has 1 aliphatic heterocycles. The third kappa shape index (κ3) is 3.55. The van der Waals surface area contributed by atoms with E-state index in [-0.39, 0.29) is 23.0 Å². The molecule has 1 fully saturated rings. The van der Waals surface area contributed by atoms with Crippen LogP contribution in [0.2, 0.25) is 0 Å². The van der Waals surface area contributed by atoms with Crippen LogP contribution in [-0.2, 0) is 10.0 Å². The second-order valence-electron chi connectivity index (χ2n) is 6.39. The number of nitrogens with zero attached hydrogens (tertiary/aromatic N) is 4. The lowest BCUT2D eigenvalue weighted by molar-refractivity contribution is -0.385. The zero-order chi connectivity index (χ0) is 19.7. The highest BCUT2D eigenvalue weighted by atomic mass is 32.2. The summed E-state index contributed by atoms with van der Waals surface area (Å²) in [6, 6.07) is 8.87. The first-order valence-corrected chi connectivity index (χ1v) is 10.9. The summed E-state index contributed by atoms with van der Waals surface area (Å²) < 4.78 is 32.6. The predicted molar refractivity (Wildman–Crippen MR) is 101 cm³/mol. The van der Waals surface area contributed by atoms with Crippen LogP contribution in [0.4, 0.5) is 5.69 Å². The van der Waals surface area contributed by atoms with Crippen LogP contribution in [0.15, 0.2) is 51.2 Å². The van der Waals surface area contributed by atoms with Gasteiger partial charge in [0.05, 0.1) is 20.6 Å². The van der Waals surface area contributed by atoms with Gasteiger partial charge in [-0.05, 0) is 30.4 Å². The Balaban J connectivity index is 1.56. The Morgan fingerprint density at radius 1 is 1.29 bits per heavy atom. The van der Waals surface area contributed by atoms with Gasteiger partial charge in [-0.2, -0.15) is 9.29 Å². The van der Waals surface area contributed by atoms with E-state index in [0.29, 0.717) is 24.7 Å². The molecule has 0 unspecified atom stereocenters. The molecule has 2 aromatic heterocycles. The molecule has 4 rings (SSSR count). The van der Waals surface area contributed by atoms with Crippen LogP contribution >= 0.6 is 11.3 Å². The Morgan fingerprint density at radius 2 is 2.14 bits per heavy atom. The second-order valence-corrected chi connectivity index (χ2v) is 9.28. The van der Waals surface area contributed by atoms with E-state index in [9.17, 15) is 18.5 Å². The Kier molecular flexibility index (Phi) is 4.96. The molecule has 0 saturated carbocycles. The average Bonchev–Trinajstić information content (AvgIpc) is 3.40. The van der Waals surface area contributed by atoms with E-state index in [1.54, 1.807) is 0 Å². The highest BCUT2D eigenvalue weighted by Crippen LogP contribution is 2.32. The second kappa shape index (κ2) is 7.41. The zero-order valence-corrected chi connectivity index (χ0v) is 16.2. The molecule has 3 heterocycles. The molecule has 11 heteroatoms. The van der Waals surface area contributed by atoms with Crippen LogP contribution < -0.4 is 0 Å². The van der Waals surface area contributed by atoms with Crippen molar-refractivity contribution in [3.63, 3.8) is 0 Å². The number of piperidine rings is 1. The lowest BCUT2D eigenvalue weighted by Crippen LogP contribution is -2.39. The molecule has 0 bridgehead atoms. The summed E-state index contributed by atoms with van der Waals surface area (Å²) in [5, 5.41) is 16.9. The molecule has 1 saturated heterocycles. The summed E-state index contributed by atoms with van der Waals surface area (Å²) in [6.45, 7) is 0.532. The summed E-state index contributed by atoms with van der Waals surface area (Å²) in [5.74, 6) is 0.675. The number of nitro groups is 1. The molecule has 1 aromatic carbocycles. The average molecular weight is 420 g/mol. The SMILES string of the molecule is O=[N+]([O-])c1cccc(S(=O)(=O)N2CCC[C@@H](c3nc(-c4cccs4)no3)C2)c1. The zero-order valence-electron chi connectivity index (χ0n) is 14.6. The molecule has 1 atom stereocenters. The quantitative estimate of drug-likeness (QED) is 0.459. The monoisotopic (exact) mass is 420 g/mol. The number of thiophene rings is 1. The van der Waals surface area contributed by atoms with Gasteiger partial charge in [0.1, 0.15) is 0 Å². The minimum Gasteiger partial charge on any atom is -0.339 e. The van der Waals surface area contributed by atoms with E-state index in [4.69, 9.17) is 4.52 Å². The van der Waals surface area contributed by atoms with Gasteiger partial charge in [-0.15, -0.1) is 11.3 Å². The lowest BCUT2D eigenvalue weighted by atomic mass is 10.00. The van der Waals surface area contributed by atoms with Crippen LogP contribution in [0.1, 0.15) is 24.7 Å². The molecule has 3 aromatic rings. The Morgan fingerprint density at radius 3 is 2.89 bits per heavy atom. The molecular formula is C17H16N4O5S2. The number of hydrogen-bond acceptors (Lipinski definition) is 8. The van der Waals surface area contributed by atoms with E-state index < -0.39 is 14.9 Å². The van der Waals surface area contributed by atoms with Gasteiger partial charge in [0.2, 0.25) is 21.7 Å². The third-order valence-corrected chi connectivity index (χ3v) is 7.31. The van der Waals surface area contributed by atoms with Gasteiger partial charge in [0.15, 0.2) is 0 Å². The smallest absolute Gasteiger partial charge is 0.270 e. The van der Waals surface area contributed by atoms with Crippen molar-refractivity contribution < 1.29 is 17.9 Å². The van der Waals surface area contributed by atoms with Gasteiger partial charge in [0, 0.05) is 25.2 Å². The predicted octanol–water partition coefficient (Wildman–Crippen LogP) is 3.27. The van der Waals surface area contributed by atoms with Crippen molar-refractivity contribution in [2.45, 2.75) is 23.7 Å². The largest absolute Gasteiger partial charge is 0.339 e. The fourth-order valence-electron chi connectivity index (χ4n) is 3.18. The Hall–Kier alpha value is -2.63. The van der Waals surface area contributed by atoms with Crippen LogP contribution in [-0.4, -0.2) is 40.9 Å².